The summed E-state index contributed by atoms with van der Waals surface area (Å²) in [6, 6.07) is 0. The van der Waals surface area contributed by atoms with E-state index in [1.165, 1.54) is 6.42 Å². The van der Waals surface area contributed by atoms with Gasteiger partial charge in [-0.2, -0.15) is 0 Å². The Morgan fingerprint density at radius 3 is 2.73 bits per heavy atom. The molecule has 1 radical (unpaired) electrons. The summed E-state index contributed by atoms with van der Waals surface area (Å²) in [6.07, 6.45) is 9.00. The Balaban J connectivity index is 0.00000144. The summed E-state index contributed by atoms with van der Waals surface area (Å²) in [5, 5.41) is 10.4. The Hall–Kier alpha value is 0.612. The number of hydrogen-bond donors (Lipinski definition) is 1. The van der Waals surface area contributed by atoms with Crippen LogP contribution in [0.2, 0.25) is 0 Å². The zero-order chi connectivity index (χ0) is 14.8. The fraction of sp³-hybridized carbons (Fsp3) is 0.833. The Morgan fingerprint density at radius 2 is 1.95 bits per heavy atom. The van der Waals surface area contributed by atoms with Gasteiger partial charge in [0.05, 0.1) is 6.10 Å². The van der Waals surface area contributed by atoms with Crippen LogP contribution in [0.15, 0.2) is 11.8 Å². The smallest absolute Gasteiger partial charge is 0.310 e. The van der Waals surface area contributed by atoms with Crippen molar-refractivity contribution < 1.29 is 58.7 Å². The Labute approximate surface area is 168 Å². The van der Waals surface area contributed by atoms with Crippen molar-refractivity contribution in [3.63, 3.8) is 0 Å². The SMILES string of the molecule is CC12CCC(=O)OC1=CCC1C2CCC2(C)C(O)CCC12.[Ac]. The molecular formula is C18H26AcO3. The molecule has 0 spiro atoms. The third-order valence-corrected chi connectivity index (χ3v) is 7.42. The Morgan fingerprint density at radius 1 is 1.18 bits per heavy atom. The minimum atomic E-state index is -0.120. The number of aliphatic hydroxyl groups excluding tert-OH is 1. The monoisotopic (exact) mass is 517 g/mol. The van der Waals surface area contributed by atoms with Gasteiger partial charge in [0.15, 0.2) is 0 Å². The number of rotatable bonds is 0. The maximum Gasteiger partial charge on any atom is 0.310 e. The quantitative estimate of drug-likeness (QED) is 0.502. The first-order valence-electron chi connectivity index (χ1n) is 8.54. The third kappa shape index (κ3) is 2.31. The second-order valence-corrected chi connectivity index (χ2v) is 8.21. The van der Waals surface area contributed by atoms with Crippen LogP contribution in [-0.4, -0.2) is 17.2 Å². The summed E-state index contributed by atoms with van der Waals surface area (Å²) >= 11 is 0. The van der Waals surface area contributed by atoms with Crippen LogP contribution >= 0.6 is 0 Å². The number of hydrogen-bond acceptors (Lipinski definition) is 3. The summed E-state index contributed by atoms with van der Waals surface area (Å²) in [7, 11) is 0. The summed E-state index contributed by atoms with van der Waals surface area (Å²) < 4.78 is 5.57. The van der Waals surface area contributed by atoms with Gasteiger partial charge < -0.3 is 9.84 Å². The molecule has 1 heterocycles. The molecular weight excluding hydrogens is 491 g/mol. The molecule has 3 aliphatic carbocycles. The van der Waals surface area contributed by atoms with Crippen molar-refractivity contribution in [1.82, 2.24) is 0 Å². The molecule has 2 saturated carbocycles. The van der Waals surface area contributed by atoms with Gasteiger partial charge in [-0.3, -0.25) is 4.79 Å². The molecule has 1 aliphatic heterocycles. The Kier molecular flexibility index (Phi) is 4.64. The molecule has 119 valence electrons. The molecule has 3 fully saturated rings. The van der Waals surface area contributed by atoms with E-state index in [4.69, 9.17) is 4.74 Å². The first-order chi connectivity index (χ1) is 9.95. The van der Waals surface area contributed by atoms with Crippen molar-refractivity contribution in [3.05, 3.63) is 11.8 Å². The molecule has 4 heteroatoms. The molecule has 0 aromatic heterocycles. The fourth-order valence-electron chi connectivity index (χ4n) is 6.04. The topological polar surface area (TPSA) is 46.5 Å². The summed E-state index contributed by atoms with van der Waals surface area (Å²) in [6.45, 7) is 4.60. The maximum atomic E-state index is 11.6. The van der Waals surface area contributed by atoms with Gasteiger partial charge >= 0.3 is 5.97 Å². The van der Waals surface area contributed by atoms with Crippen molar-refractivity contribution >= 4 is 5.97 Å². The fourth-order valence-corrected chi connectivity index (χ4v) is 6.04. The van der Waals surface area contributed by atoms with Crippen LogP contribution in [0.4, 0.5) is 0 Å². The molecule has 22 heavy (non-hydrogen) atoms. The van der Waals surface area contributed by atoms with Crippen molar-refractivity contribution in [3.8, 4) is 0 Å². The van der Waals surface area contributed by atoms with E-state index in [-0.39, 0.29) is 67.0 Å². The average Bonchev–Trinajstić information content (AvgIpc) is 2.76. The zero-order valence-electron chi connectivity index (χ0n) is 13.7. The first-order valence-corrected chi connectivity index (χ1v) is 8.54. The predicted molar refractivity (Wildman–Crippen MR) is 79.2 cm³/mol. The molecule has 0 aromatic rings. The molecule has 0 aromatic carbocycles. The first kappa shape index (κ1) is 17.4. The molecule has 4 aliphatic rings. The molecule has 6 unspecified atom stereocenters. The van der Waals surface area contributed by atoms with E-state index in [9.17, 15) is 9.90 Å². The van der Waals surface area contributed by atoms with Gasteiger partial charge in [0.1, 0.15) is 5.76 Å². The van der Waals surface area contributed by atoms with Gasteiger partial charge in [-0.1, -0.05) is 13.8 Å². The van der Waals surface area contributed by atoms with Crippen LogP contribution < -0.4 is 0 Å². The van der Waals surface area contributed by atoms with E-state index in [0.717, 1.165) is 37.9 Å². The second kappa shape index (κ2) is 5.85. The van der Waals surface area contributed by atoms with Crippen molar-refractivity contribution in [2.45, 2.75) is 64.9 Å². The van der Waals surface area contributed by atoms with Gasteiger partial charge in [0.25, 0.3) is 0 Å². The van der Waals surface area contributed by atoms with Crippen LogP contribution in [0.25, 0.3) is 0 Å². The average molecular weight is 517 g/mol. The molecule has 1 saturated heterocycles. The molecule has 0 bridgehead atoms. The van der Waals surface area contributed by atoms with Crippen LogP contribution in [0.5, 0.6) is 0 Å². The predicted octanol–water partition coefficient (Wildman–Crippen LogP) is 3.42. The largest absolute Gasteiger partial charge is 0.431 e. The van der Waals surface area contributed by atoms with E-state index in [0.29, 0.717) is 24.2 Å². The van der Waals surface area contributed by atoms with Gasteiger partial charge in [0, 0.05) is 55.9 Å². The number of fused-ring (bicyclic) bond motifs is 5. The van der Waals surface area contributed by atoms with Crippen LogP contribution in [0.1, 0.15) is 58.8 Å². The number of carbonyl (C=O) groups excluding carboxylic acids is 1. The van der Waals surface area contributed by atoms with E-state index in [1.807, 2.05) is 0 Å². The zero-order valence-corrected chi connectivity index (χ0v) is 18.4. The van der Waals surface area contributed by atoms with Crippen LogP contribution in [-0.2, 0) is 9.53 Å². The number of allylic oxidation sites excluding steroid dienone is 2. The van der Waals surface area contributed by atoms with E-state index >= 15 is 0 Å². The third-order valence-electron chi connectivity index (χ3n) is 7.42. The minimum Gasteiger partial charge on any atom is -0.431 e. The van der Waals surface area contributed by atoms with E-state index in [1.54, 1.807) is 0 Å². The summed E-state index contributed by atoms with van der Waals surface area (Å²) in [4.78, 5) is 11.6. The summed E-state index contributed by atoms with van der Waals surface area (Å²) in [5.41, 5.74) is 0.167. The van der Waals surface area contributed by atoms with E-state index in [2.05, 4.69) is 19.9 Å². The number of aliphatic hydroxyl groups is 1. The minimum absolute atomic E-state index is 0. The van der Waals surface area contributed by atoms with Gasteiger partial charge in [0.2, 0.25) is 0 Å². The van der Waals surface area contributed by atoms with Crippen LogP contribution in [0.3, 0.4) is 0 Å². The molecule has 3 nitrogen and oxygen atoms in total. The van der Waals surface area contributed by atoms with E-state index < -0.39 is 0 Å². The van der Waals surface area contributed by atoms with Crippen molar-refractivity contribution in [2.24, 2.45) is 28.6 Å². The normalized spacial score (nSPS) is 50.0. The van der Waals surface area contributed by atoms with Gasteiger partial charge in [-0.05, 0) is 67.8 Å². The Bertz CT molecular complexity index is 516. The second-order valence-electron chi connectivity index (χ2n) is 8.21. The maximum absolute atomic E-state index is 11.6. The summed E-state index contributed by atoms with van der Waals surface area (Å²) in [5.74, 6) is 2.80. The number of esters is 1. The molecule has 1 N–H and O–H groups in total. The van der Waals surface area contributed by atoms with Gasteiger partial charge in [-0.15, -0.1) is 0 Å². The molecule has 6 atom stereocenters. The van der Waals surface area contributed by atoms with Crippen molar-refractivity contribution in [1.29, 1.82) is 0 Å². The molecule has 4 rings (SSSR count). The standard InChI is InChI=1S/C18H26O3.Ac/c1-17-9-7-13-11(12(17)4-5-14(17)19)3-6-15-18(13,2)10-8-16(20)21-15;/h6,11-14,19H,3-5,7-10H2,1-2H3;. The number of ether oxygens (including phenoxy) is 1. The van der Waals surface area contributed by atoms with Crippen LogP contribution in [0, 0.1) is 72.6 Å². The van der Waals surface area contributed by atoms with Gasteiger partial charge in [-0.25, -0.2) is 0 Å². The number of carbonyl (C=O) groups is 1. The molecule has 0 amide bonds. The van der Waals surface area contributed by atoms with Crippen molar-refractivity contribution in [2.75, 3.05) is 0 Å².